The number of nitrogens with zero attached hydrogens (tertiary/aromatic N) is 1. The van der Waals surface area contributed by atoms with E-state index in [1.54, 1.807) is 0 Å². The molecule has 0 amide bonds. The molecule has 0 unspecified atom stereocenters. The summed E-state index contributed by atoms with van der Waals surface area (Å²) in [4.78, 5) is 8.90. The zero-order valence-corrected chi connectivity index (χ0v) is 17.8. The molecule has 0 radical (unpaired) electrons. The van der Waals surface area contributed by atoms with Crippen LogP contribution in [0.4, 0.5) is 0 Å². The molecule has 0 fully saturated rings. The van der Waals surface area contributed by atoms with Crippen molar-refractivity contribution in [3.05, 3.63) is 103 Å². The number of aromatic nitrogens is 2. The lowest BCUT2D eigenvalue weighted by molar-refractivity contribution is 1.35. The van der Waals surface area contributed by atoms with Gasteiger partial charge in [-0.1, -0.05) is 103 Å². The first-order valence-electron chi connectivity index (χ1n) is 11.3. The van der Waals surface area contributed by atoms with Gasteiger partial charge >= 0.3 is 0 Å². The van der Waals surface area contributed by atoms with E-state index in [1.165, 1.54) is 53.9 Å². The predicted molar refractivity (Wildman–Crippen MR) is 140 cm³/mol. The molecule has 0 spiro atoms. The van der Waals surface area contributed by atoms with Gasteiger partial charge in [0.15, 0.2) is 0 Å². The van der Waals surface area contributed by atoms with Crippen LogP contribution in [0, 0.1) is 0 Å². The van der Waals surface area contributed by atoms with Gasteiger partial charge in [-0.05, 0) is 43.1 Å². The van der Waals surface area contributed by atoms with Crippen molar-refractivity contribution >= 4 is 64.9 Å². The number of fused-ring (bicyclic) bond motifs is 6. The number of imidazole rings is 1. The standard InChI is InChI=1S/C31H18N2/c1-3-10-24-21(8-1)22-9-2-4-11-25(22)30-29(24)32-31(33-30)26-17-15-20-13-12-18-6-5-7-19-14-16-23(26)28(20)27(18)19/h1-17H,(H,32,33). The van der Waals surface area contributed by atoms with Crippen molar-refractivity contribution in [2.45, 2.75) is 0 Å². The number of benzene rings is 7. The van der Waals surface area contributed by atoms with E-state index in [-0.39, 0.29) is 0 Å². The highest BCUT2D eigenvalue weighted by Gasteiger charge is 2.17. The molecule has 8 aromatic rings. The average Bonchev–Trinajstić information content (AvgIpc) is 3.33. The SMILES string of the molecule is c1cc2ccc3ccc(-c4nc5c6ccccc6c6ccccc6c5[nH]4)c4ccc(c1)c2c34. The predicted octanol–water partition coefficient (Wildman–Crippen LogP) is 8.43. The molecule has 1 N–H and O–H groups in total. The second-order valence-electron chi connectivity index (χ2n) is 8.87. The molecular formula is C31H18N2. The fourth-order valence-electron chi connectivity index (χ4n) is 5.69. The molecule has 0 aliphatic rings. The normalized spacial score (nSPS) is 12.2. The van der Waals surface area contributed by atoms with E-state index in [9.17, 15) is 0 Å². The van der Waals surface area contributed by atoms with Crippen molar-refractivity contribution in [3.63, 3.8) is 0 Å². The van der Waals surface area contributed by atoms with Crippen LogP contribution >= 0.6 is 0 Å². The number of hydrogen-bond acceptors (Lipinski definition) is 1. The largest absolute Gasteiger partial charge is 0.337 e. The monoisotopic (exact) mass is 418 g/mol. The van der Waals surface area contributed by atoms with Crippen LogP contribution in [0.15, 0.2) is 103 Å². The lowest BCUT2D eigenvalue weighted by atomic mass is 9.92. The van der Waals surface area contributed by atoms with Gasteiger partial charge in [0.25, 0.3) is 0 Å². The average molecular weight is 418 g/mol. The van der Waals surface area contributed by atoms with Crippen LogP contribution in [0.5, 0.6) is 0 Å². The van der Waals surface area contributed by atoms with E-state index in [2.05, 4.69) is 108 Å². The minimum absolute atomic E-state index is 0.921. The molecular weight excluding hydrogens is 400 g/mol. The summed E-state index contributed by atoms with van der Waals surface area (Å²) in [5.41, 5.74) is 3.28. The summed E-state index contributed by atoms with van der Waals surface area (Å²) in [6.07, 6.45) is 0. The van der Waals surface area contributed by atoms with Crippen molar-refractivity contribution in [3.8, 4) is 11.4 Å². The summed E-state index contributed by atoms with van der Waals surface area (Å²) in [6, 6.07) is 37.1. The molecule has 152 valence electrons. The summed E-state index contributed by atoms with van der Waals surface area (Å²) >= 11 is 0. The first-order valence-corrected chi connectivity index (χ1v) is 11.3. The second kappa shape index (κ2) is 6.08. The van der Waals surface area contributed by atoms with Crippen molar-refractivity contribution < 1.29 is 0 Å². The second-order valence-corrected chi connectivity index (χ2v) is 8.87. The Morgan fingerprint density at radius 3 is 1.85 bits per heavy atom. The third-order valence-corrected chi connectivity index (χ3v) is 7.16. The van der Waals surface area contributed by atoms with Gasteiger partial charge < -0.3 is 4.98 Å². The van der Waals surface area contributed by atoms with Crippen molar-refractivity contribution in [1.29, 1.82) is 0 Å². The molecule has 0 atom stereocenters. The van der Waals surface area contributed by atoms with Crippen LogP contribution in [-0.4, -0.2) is 9.97 Å². The van der Waals surface area contributed by atoms with Crippen LogP contribution in [0.25, 0.3) is 76.3 Å². The Hall–Kier alpha value is -4.43. The highest BCUT2D eigenvalue weighted by Crippen LogP contribution is 2.40. The molecule has 7 aromatic carbocycles. The highest BCUT2D eigenvalue weighted by atomic mass is 14.9. The first-order chi connectivity index (χ1) is 16.4. The fourth-order valence-corrected chi connectivity index (χ4v) is 5.69. The van der Waals surface area contributed by atoms with Gasteiger partial charge in [0, 0.05) is 16.3 Å². The van der Waals surface area contributed by atoms with Crippen molar-refractivity contribution in [2.24, 2.45) is 0 Å². The Kier molecular flexibility index (Phi) is 3.16. The van der Waals surface area contributed by atoms with E-state index >= 15 is 0 Å². The molecule has 0 bridgehead atoms. The molecule has 1 aromatic heterocycles. The Bertz CT molecular complexity index is 1940. The maximum atomic E-state index is 5.19. The maximum absolute atomic E-state index is 5.19. The van der Waals surface area contributed by atoms with Crippen LogP contribution < -0.4 is 0 Å². The summed E-state index contributed by atoms with van der Waals surface area (Å²) in [6.45, 7) is 0. The highest BCUT2D eigenvalue weighted by molar-refractivity contribution is 6.26. The van der Waals surface area contributed by atoms with Crippen molar-refractivity contribution in [1.82, 2.24) is 9.97 Å². The molecule has 1 heterocycles. The van der Waals surface area contributed by atoms with Gasteiger partial charge in [0.1, 0.15) is 5.82 Å². The van der Waals surface area contributed by atoms with E-state index < -0.39 is 0 Å². The molecule has 2 nitrogen and oxygen atoms in total. The van der Waals surface area contributed by atoms with Gasteiger partial charge in [-0.3, -0.25) is 0 Å². The van der Waals surface area contributed by atoms with Gasteiger partial charge in [-0.25, -0.2) is 4.98 Å². The molecule has 0 aliphatic carbocycles. The summed E-state index contributed by atoms with van der Waals surface area (Å²) in [5, 5.41) is 12.6. The van der Waals surface area contributed by atoms with Crippen LogP contribution in [0.3, 0.4) is 0 Å². The van der Waals surface area contributed by atoms with Crippen molar-refractivity contribution in [2.75, 3.05) is 0 Å². The lowest BCUT2D eigenvalue weighted by Crippen LogP contribution is -1.88. The third-order valence-electron chi connectivity index (χ3n) is 7.16. The van der Waals surface area contributed by atoms with E-state index in [0.717, 1.165) is 22.4 Å². The number of nitrogens with one attached hydrogen (secondary N) is 1. The summed E-state index contributed by atoms with van der Waals surface area (Å²) in [7, 11) is 0. The van der Waals surface area contributed by atoms with Crippen LogP contribution in [-0.2, 0) is 0 Å². The number of aromatic amines is 1. The summed E-state index contributed by atoms with van der Waals surface area (Å²) in [5.74, 6) is 0.921. The van der Waals surface area contributed by atoms with E-state index in [4.69, 9.17) is 4.98 Å². The Labute approximate surface area is 189 Å². The molecule has 0 saturated carbocycles. The molecule has 8 rings (SSSR count). The quantitative estimate of drug-likeness (QED) is 0.266. The zero-order chi connectivity index (χ0) is 21.5. The smallest absolute Gasteiger partial charge is 0.139 e. The van der Waals surface area contributed by atoms with Gasteiger partial charge in [0.2, 0.25) is 0 Å². The third kappa shape index (κ3) is 2.20. The lowest BCUT2D eigenvalue weighted by Gasteiger charge is -2.12. The number of hydrogen-bond donors (Lipinski definition) is 1. The van der Waals surface area contributed by atoms with Crippen LogP contribution in [0.1, 0.15) is 0 Å². The Balaban J connectivity index is 1.53. The number of rotatable bonds is 1. The van der Waals surface area contributed by atoms with Gasteiger partial charge in [-0.2, -0.15) is 0 Å². The van der Waals surface area contributed by atoms with Crippen LogP contribution in [0.2, 0.25) is 0 Å². The maximum Gasteiger partial charge on any atom is 0.139 e. The Morgan fingerprint density at radius 1 is 0.455 bits per heavy atom. The van der Waals surface area contributed by atoms with Gasteiger partial charge in [0.05, 0.1) is 11.0 Å². The fraction of sp³-hybridized carbons (Fsp3) is 0. The minimum Gasteiger partial charge on any atom is -0.337 e. The topological polar surface area (TPSA) is 28.7 Å². The Morgan fingerprint density at radius 2 is 1.06 bits per heavy atom. The summed E-state index contributed by atoms with van der Waals surface area (Å²) < 4.78 is 0. The van der Waals surface area contributed by atoms with Gasteiger partial charge in [-0.15, -0.1) is 0 Å². The zero-order valence-electron chi connectivity index (χ0n) is 17.8. The molecule has 33 heavy (non-hydrogen) atoms. The molecule has 0 saturated heterocycles. The minimum atomic E-state index is 0.921. The number of H-pyrrole nitrogens is 1. The first kappa shape index (κ1) is 17.2. The van der Waals surface area contributed by atoms with E-state index in [0.29, 0.717) is 0 Å². The molecule has 0 aliphatic heterocycles. The van der Waals surface area contributed by atoms with E-state index in [1.807, 2.05) is 0 Å². The molecule has 2 heteroatoms.